The predicted octanol–water partition coefficient (Wildman–Crippen LogP) is 3.58. The van der Waals surface area contributed by atoms with Crippen molar-refractivity contribution >= 4 is 5.78 Å². The second-order valence-electron chi connectivity index (χ2n) is 9.29. The second-order valence-corrected chi connectivity index (χ2v) is 9.29. The number of rotatable bonds is 1. The fourth-order valence-electron chi connectivity index (χ4n) is 7.38. The smallest absolute Gasteiger partial charge is 0.139 e. The van der Waals surface area contributed by atoms with Crippen molar-refractivity contribution in [2.24, 2.45) is 34.5 Å². The van der Waals surface area contributed by atoms with Crippen LogP contribution in [0.4, 0.5) is 0 Å². The zero-order valence-corrected chi connectivity index (χ0v) is 14.9. The number of Topliss-reactive ketones (excluding diaryl/α,β-unsaturated/α-hetero) is 1. The Kier molecular flexibility index (Phi) is 3.70. The number of ether oxygens (including phenoxy) is 1. The first-order valence-corrected chi connectivity index (χ1v) is 9.66. The minimum Gasteiger partial charge on any atom is -0.390 e. The third-order valence-electron chi connectivity index (χ3n) is 8.68. The van der Waals surface area contributed by atoms with Gasteiger partial charge in [-0.2, -0.15) is 0 Å². The van der Waals surface area contributed by atoms with Gasteiger partial charge in [-0.15, -0.1) is 0 Å². The highest BCUT2D eigenvalue weighted by atomic mass is 16.5. The van der Waals surface area contributed by atoms with Crippen molar-refractivity contribution in [1.29, 1.82) is 0 Å². The van der Waals surface area contributed by atoms with Crippen LogP contribution in [0.3, 0.4) is 0 Å². The Bertz CT molecular complexity index is 503. The van der Waals surface area contributed by atoms with Crippen molar-refractivity contribution in [3.63, 3.8) is 0 Å². The number of aliphatic hydroxyl groups is 1. The molecular weight excluding hydrogens is 288 g/mol. The van der Waals surface area contributed by atoms with Crippen molar-refractivity contribution in [2.75, 3.05) is 7.11 Å². The van der Waals surface area contributed by atoms with Gasteiger partial charge in [-0.3, -0.25) is 4.79 Å². The zero-order valence-electron chi connectivity index (χ0n) is 14.9. The van der Waals surface area contributed by atoms with E-state index in [-0.39, 0.29) is 23.0 Å². The largest absolute Gasteiger partial charge is 0.390 e. The van der Waals surface area contributed by atoms with Gasteiger partial charge in [-0.25, -0.2) is 0 Å². The molecule has 0 bridgehead atoms. The third-order valence-corrected chi connectivity index (χ3v) is 8.68. The van der Waals surface area contributed by atoms with Crippen molar-refractivity contribution in [3.8, 4) is 0 Å². The molecule has 0 aromatic heterocycles. The van der Waals surface area contributed by atoms with E-state index in [9.17, 15) is 9.90 Å². The normalized spacial score (nSPS) is 55.9. The van der Waals surface area contributed by atoms with Gasteiger partial charge in [0, 0.05) is 18.9 Å². The van der Waals surface area contributed by atoms with Crippen LogP contribution in [0.25, 0.3) is 0 Å². The molecule has 23 heavy (non-hydrogen) atoms. The highest BCUT2D eigenvalue weighted by molar-refractivity contribution is 5.87. The van der Waals surface area contributed by atoms with Gasteiger partial charge in [0.2, 0.25) is 0 Å². The summed E-state index contributed by atoms with van der Waals surface area (Å²) in [6.45, 7) is 4.71. The molecular formula is C20H32O3. The van der Waals surface area contributed by atoms with Crippen LogP contribution in [0, 0.1) is 34.5 Å². The van der Waals surface area contributed by atoms with Crippen LogP contribution >= 0.6 is 0 Å². The van der Waals surface area contributed by atoms with Crippen molar-refractivity contribution in [2.45, 2.75) is 77.4 Å². The molecule has 0 amide bonds. The molecule has 0 aliphatic heterocycles. The Hall–Kier alpha value is -0.410. The number of carbonyl (C=O) groups is 1. The van der Waals surface area contributed by atoms with E-state index in [1.54, 1.807) is 7.11 Å². The molecule has 0 spiro atoms. The Morgan fingerprint density at radius 1 is 1.00 bits per heavy atom. The topological polar surface area (TPSA) is 46.5 Å². The van der Waals surface area contributed by atoms with Crippen molar-refractivity contribution in [1.82, 2.24) is 0 Å². The van der Waals surface area contributed by atoms with E-state index >= 15 is 0 Å². The standard InChI is InChI=1S/C20H32O3/c1-19-11-9-16(21)18(23-3)15(19)5-4-12-13-6-7-17(22)20(13,2)10-8-14(12)19/h12-16,18,21H,4-11H2,1-3H3/t12-,13-,14-,15-,16+,18+,19+,20-/m1/s1. The van der Waals surface area contributed by atoms with E-state index in [0.29, 0.717) is 23.5 Å². The molecule has 0 heterocycles. The van der Waals surface area contributed by atoms with E-state index in [1.807, 2.05) is 0 Å². The third kappa shape index (κ3) is 2.05. The number of aliphatic hydroxyl groups excluding tert-OH is 1. The SMILES string of the molecule is CO[C@H]1[C@H]2CC[C@H]3[C@@H](CC[C@@]4(C)C(=O)CC[C@H]34)[C@]2(C)CC[C@@H]1O. The lowest BCUT2D eigenvalue weighted by Crippen LogP contribution is -2.58. The first-order valence-electron chi connectivity index (χ1n) is 9.66. The van der Waals surface area contributed by atoms with Gasteiger partial charge in [-0.1, -0.05) is 13.8 Å². The summed E-state index contributed by atoms with van der Waals surface area (Å²) < 4.78 is 5.74. The summed E-state index contributed by atoms with van der Waals surface area (Å²) in [4.78, 5) is 12.5. The van der Waals surface area contributed by atoms with Crippen molar-refractivity contribution in [3.05, 3.63) is 0 Å². The zero-order chi connectivity index (χ0) is 16.4. The molecule has 0 aromatic rings. The summed E-state index contributed by atoms with van der Waals surface area (Å²) in [5.74, 6) is 3.06. The summed E-state index contributed by atoms with van der Waals surface area (Å²) in [7, 11) is 1.76. The van der Waals surface area contributed by atoms with Gasteiger partial charge < -0.3 is 9.84 Å². The second kappa shape index (κ2) is 5.29. The first kappa shape index (κ1) is 16.1. The maximum Gasteiger partial charge on any atom is 0.139 e. The Labute approximate surface area is 140 Å². The molecule has 4 aliphatic carbocycles. The van der Waals surface area contributed by atoms with E-state index in [0.717, 1.165) is 44.4 Å². The van der Waals surface area contributed by atoms with Crippen LogP contribution < -0.4 is 0 Å². The summed E-state index contributed by atoms with van der Waals surface area (Å²) >= 11 is 0. The van der Waals surface area contributed by atoms with E-state index in [1.165, 1.54) is 12.8 Å². The molecule has 4 saturated carbocycles. The van der Waals surface area contributed by atoms with E-state index < -0.39 is 0 Å². The summed E-state index contributed by atoms with van der Waals surface area (Å²) in [6, 6.07) is 0. The quantitative estimate of drug-likeness (QED) is 0.803. The lowest BCUT2D eigenvalue weighted by atomic mass is 9.44. The fourth-order valence-corrected chi connectivity index (χ4v) is 7.38. The molecule has 130 valence electrons. The highest BCUT2D eigenvalue weighted by Crippen LogP contribution is 2.65. The maximum atomic E-state index is 12.5. The number of fused-ring (bicyclic) bond motifs is 5. The minimum absolute atomic E-state index is 0.00761. The molecule has 0 unspecified atom stereocenters. The number of hydrogen-bond acceptors (Lipinski definition) is 3. The van der Waals surface area contributed by atoms with Crippen LogP contribution in [-0.2, 0) is 9.53 Å². The molecule has 3 nitrogen and oxygen atoms in total. The Balaban J connectivity index is 1.65. The molecule has 0 saturated heterocycles. The molecule has 1 N–H and O–H groups in total. The summed E-state index contributed by atoms with van der Waals surface area (Å²) in [5.41, 5.74) is 0.259. The molecule has 4 rings (SSSR count). The number of methoxy groups -OCH3 is 1. The maximum absolute atomic E-state index is 12.5. The van der Waals surface area contributed by atoms with Gasteiger partial charge in [-0.05, 0) is 74.0 Å². The minimum atomic E-state index is -0.295. The molecule has 3 heteroatoms. The molecule has 4 fully saturated rings. The van der Waals surface area contributed by atoms with Gasteiger partial charge in [0.25, 0.3) is 0 Å². The average Bonchev–Trinajstić information content (AvgIpc) is 2.83. The Morgan fingerprint density at radius 2 is 1.78 bits per heavy atom. The van der Waals surface area contributed by atoms with Gasteiger partial charge in [0.15, 0.2) is 0 Å². The predicted molar refractivity (Wildman–Crippen MR) is 88.9 cm³/mol. The lowest BCUT2D eigenvalue weighted by Gasteiger charge is -2.61. The summed E-state index contributed by atoms with van der Waals surface area (Å²) in [6.07, 6.45) is 8.30. The molecule has 0 aromatic carbocycles. The lowest BCUT2D eigenvalue weighted by molar-refractivity contribution is -0.180. The van der Waals surface area contributed by atoms with Gasteiger partial charge in [0.1, 0.15) is 5.78 Å². The van der Waals surface area contributed by atoms with Crippen LogP contribution in [0.2, 0.25) is 0 Å². The summed E-state index contributed by atoms with van der Waals surface area (Å²) in [5, 5.41) is 10.4. The van der Waals surface area contributed by atoms with E-state index in [2.05, 4.69) is 13.8 Å². The highest BCUT2D eigenvalue weighted by Gasteiger charge is 2.61. The number of ketones is 1. The molecule has 8 atom stereocenters. The van der Waals surface area contributed by atoms with Crippen LogP contribution in [0.5, 0.6) is 0 Å². The van der Waals surface area contributed by atoms with E-state index in [4.69, 9.17) is 4.74 Å². The first-order chi connectivity index (χ1) is 10.9. The fraction of sp³-hybridized carbons (Fsp3) is 0.950. The average molecular weight is 320 g/mol. The van der Waals surface area contributed by atoms with Gasteiger partial charge in [0.05, 0.1) is 12.2 Å². The molecule has 0 radical (unpaired) electrons. The monoisotopic (exact) mass is 320 g/mol. The van der Waals surface area contributed by atoms with Gasteiger partial charge >= 0.3 is 0 Å². The van der Waals surface area contributed by atoms with Crippen molar-refractivity contribution < 1.29 is 14.6 Å². The number of carbonyl (C=O) groups excluding carboxylic acids is 1. The van der Waals surface area contributed by atoms with Crippen LogP contribution in [0.15, 0.2) is 0 Å². The van der Waals surface area contributed by atoms with Crippen LogP contribution in [-0.4, -0.2) is 30.2 Å². The molecule has 4 aliphatic rings. The Morgan fingerprint density at radius 3 is 2.52 bits per heavy atom. The van der Waals surface area contributed by atoms with Crippen LogP contribution in [0.1, 0.15) is 65.2 Å². The number of hydrogen-bond donors (Lipinski definition) is 1.